The number of amides is 1. The van der Waals surface area contributed by atoms with E-state index in [1.807, 2.05) is 65.6 Å². The van der Waals surface area contributed by atoms with E-state index in [0.29, 0.717) is 31.1 Å². The predicted octanol–water partition coefficient (Wildman–Crippen LogP) is 3.79. The van der Waals surface area contributed by atoms with E-state index in [1.54, 1.807) is 12.1 Å². The molecule has 1 saturated carbocycles. The van der Waals surface area contributed by atoms with E-state index >= 15 is 0 Å². The zero-order valence-corrected chi connectivity index (χ0v) is 18.2. The first-order chi connectivity index (χ1) is 15.0. The summed E-state index contributed by atoms with van der Waals surface area (Å²) in [5, 5.41) is 1.93. The molecule has 0 bridgehead atoms. The van der Waals surface area contributed by atoms with Gasteiger partial charge in [0.2, 0.25) is 15.9 Å². The summed E-state index contributed by atoms with van der Waals surface area (Å²) in [4.78, 5) is 15.6. The van der Waals surface area contributed by atoms with Crippen LogP contribution in [0.1, 0.15) is 24.8 Å². The molecule has 1 aliphatic carbocycles. The van der Waals surface area contributed by atoms with E-state index < -0.39 is 15.4 Å². The van der Waals surface area contributed by atoms with Gasteiger partial charge in [0.1, 0.15) is 0 Å². The molecule has 2 fully saturated rings. The highest BCUT2D eigenvalue weighted by molar-refractivity contribution is 7.89. The number of sulfonamides is 1. The molecule has 0 radical (unpaired) electrons. The lowest BCUT2D eigenvalue weighted by atomic mass is 9.63. The second-order valence-electron chi connectivity index (χ2n) is 8.51. The van der Waals surface area contributed by atoms with E-state index in [1.165, 1.54) is 4.31 Å². The van der Waals surface area contributed by atoms with Gasteiger partial charge in [0.05, 0.1) is 10.3 Å². The molecule has 0 aromatic heterocycles. The normalized spacial score (nSPS) is 19.2. The Hall–Kier alpha value is -2.70. The van der Waals surface area contributed by atoms with Crippen LogP contribution in [-0.4, -0.2) is 49.7 Å². The van der Waals surface area contributed by atoms with Crippen LogP contribution in [0.15, 0.2) is 77.7 Å². The van der Waals surface area contributed by atoms with Gasteiger partial charge < -0.3 is 4.90 Å². The Kier molecular flexibility index (Phi) is 5.07. The molecule has 6 heteroatoms. The standard InChI is InChI=1S/C25H26N2O3S/c28-24(25(13-6-14-25)22-9-2-1-3-10-22)26-15-17-27(18-16-26)31(29,30)23-12-11-20-7-4-5-8-21(20)19-23/h1-5,7-12,19H,6,13-18H2. The minimum atomic E-state index is -3.59. The maximum absolute atomic E-state index is 13.4. The van der Waals surface area contributed by atoms with Gasteiger partial charge >= 0.3 is 0 Å². The van der Waals surface area contributed by atoms with E-state index in [4.69, 9.17) is 0 Å². The highest BCUT2D eigenvalue weighted by Crippen LogP contribution is 2.45. The highest BCUT2D eigenvalue weighted by atomic mass is 32.2. The summed E-state index contributed by atoms with van der Waals surface area (Å²) in [5.74, 6) is 0.146. The van der Waals surface area contributed by atoms with Gasteiger partial charge in [-0.25, -0.2) is 8.42 Å². The van der Waals surface area contributed by atoms with Crippen molar-refractivity contribution in [1.29, 1.82) is 0 Å². The summed E-state index contributed by atoms with van der Waals surface area (Å²) in [6.45, 7) is 1.51. The molecular weight excluding hydrogens is 408 g/mol. The van der Waals surface area contributed by atoms with Gasteiger partial charge in [0.15, 0.2) is 0 Å². The van der Waals surface area contributed by atoms with Gasteiger partial charge in [-0.1, -0.05) is 67.1 Å². The fourth-order valence-corrected chi connectivity index (χ4v) is 6.28. The molecule has 5 nitrogen and oxygen atoms in total. The molecule has 31 heavy (non-hydrogen) atoms. The maximum atomic E-state index is 13.4. The third-order valence-electron chi connectivity index (χ3n) is 6.83. The molecule has 5 rings (SSSR count). The molecule has 1 aliphatic heterocycles. The highest BCUT2D eigenvalue weighted by Gasteiger charge is 2.48. The number of nitrogens with zero attached hydrogens (tertiary/aromatic N) is 2. The van der Waals surface area contributed by atoms with Crippen molar-refractivity contribution in [3.63, 3.8) is 0 Å². The molecule has 160 valence electrons. The zero-order chi connectivity index (χ0) is 21.5. The van der Waals surface area contributed by atoms with Crippen LogP contribution in [0.4, 0.5) is 0 Å². The molecule has 0 unspecified atom stereocenters. The second kappa shape index (κ2) is 7.77. The molecule has 2 aliphatic rings. The first-order valence-corrected chi connectivity index (χ1v) is 12.3. The summed E-state index contributed by atoms with van der Waals surface area (Å²) < 4.78 is 27.9. The van der Waals surface area contributed by atoms with E-state index in [-0.39, 0.29) is 5.91 Å². The smallest absolute Gasteiger partial charge is 0.243 e. The fraction of sp³-hybridized carbons (Fsp3) is 0.320. The maximum Gasteiger partial charge on any atom is 0.243 e. The monoisotopic (exact) mass is 434 g/mol. The number of hydrogen-bond donors (Lipinski definition) is 0. The van der Waals surface area contributed by atoms with Crippen LogP contribution < -0.4 is 0 Å². The molecule has 3 aromatic carbocycles. The van der Waals surface area contributed by atoms with Crippen molar-refractivity contribution in [2.45, 2.75) is 29.6 Å². The Morgan fingerprint density at radius 1 is 0.774 bits per heavy atom. The molecule has 1 heterocycles. The van der Waals surface area contributed by atoms with Crippen molar-refractivity contribution in [1.82, 2.24) is 9.21 Å². The van der Waals surface area contributed by atoms with Crippen LogP contribution in [0, 0.1) is 0 Å². The zero-order valence-electron chi connectivity index (χ0n) is 17.4. The van der Waals surface area contributed by atoms with Crippen molar-refractivity contribution in [3.8, 4) is 0 Å². The number of piperazine rings is 1. The average Bonchev–Trinajstić information content (AvgIpc) is 2.79. The number of carbonyl (C=O) groups excluding carboxylic acids is 1. The average molecular weight is 435 g/mol. The molecule has 0 atom stereocenters. The van der Waals surface area contributed by atoms with Gasteiger partial charge in [0.25, 0.3) is 0 Å². The first kappa shape index (κ1) is 20.2. The van der Waals surface area contributed by atoms with E-state index in [0.717, 1.165) is 35.6 Å². The molecular formula is C25H26N2O3S. The van der Waals surface area contributed by atoms with Crippen LogP contribution >= 0.6 is 0 Å². The van der Waals surface area contributed by atoms with Crippen LogP contribution in [-0.2, 0) is 20.2 Å². The summed E-state index contributed by atoms with van der Waals surface area (Å²) >= 11 is 0. The van der Waals surface area contributed by atoms with E-state index in [2.05, 4.69) is 0 Å². The molecule has 1 saturated heterocycles. The van der Waals surface area contributed by atoms with Gasteiger partial charge in [-0.05, 0) is 41.3 Å². The minimum absolute atomic E-state index is 0.146. The Morgan fingerprint density at radius 3 is 2.06 bits per heavy atom. The van der Waals surface area contributed by atoms with Crippen LogP contribution in [0.2, 0.25) is 0 Å². The Labute approximate surface area is 183 Å². The largest absolute Gasteiger partial charge is 0.339 e. The fourth-order valence-electron chi connectivity index (χ4n) is 4.82. The number of fused-ring (bicyclic) bond motifs is 1. The molecule has 0 N–H and O–H groups in total. The lowest BCUT2D eigenvalue weighted by Gasteiger charge is -2.45. The molecule has 1 amide bonds. The number of benzene rings is 3. The van der Waals surface area contributed by atoms with Gasteiger partial charge in [-0.15, -0.1) is 0 Å². The molecule has 3 aromatic rings. The number of rotatable bonds is 4. The van der Waals surface area contributed by atoms with Crippen LogP contribution in [0.25, 0.3) is 10.8 Å². The lowest BCUT2D eigenvalue weighted by Crippen LogP contribution is -2.57. The molecule has 0 spiro atoms. The van der Waals surface area contributed by atoms with Crippen molar-refractivity contribution >= 4 is 26.7 Å². The van der Waals surface area contributed by atoms with Gasteiger partial charge in [-0.3, -0.25) is 4.79 Å². The summed E-state index contributed by atoms with van der Waals surface area (Å²) in [6.07, 6.45) is 2.79. The quantitative estimate of drug-likeness (QED) is 0.628. The lowest BCUT2D eigenvalue weighted by molar-refractivity contribution is -0.142. The van der Waals surface area contributed by atoms with Crippen LogP contribution in [0.5, 0.6) is 0 Å². The van der Waals surface area contributed by atoms with Crippen molar-refractivity contribution in [2.24, 2.45) is 0 Å². The van der Waals surface area contributed by atoms with Gasteiger partial charge in [-0.2, -0.15) is 4.31 Å². The first-order valence-electron chi connectivity index (χ1n) is 10.8. The van der Waals surface area contributed by atoms with E-state index in [9.17, 15) is 13.2 Å². The SMILES string of the molecule is O=C(N1CCN(S(=O)(=O)c2ccc3ccccc3c2)CC1)C1(c2ccccc2)CCC1. The van der Waals surface area contributed by atoms with Crippen molar-refractivity contribution < 1.29 is 13.2 Å². The number of hydrogen-bond acceptors (Lipinski definition) is 3. The van der Waals surface area contributed by atoms with Crippen molar-refractivity contribution in [3.05, 3.63) is 78.4 Å². The Balaban J connectivity index is 1.32. The predicted molar refractivity (Wildman–Crippen MR) is 121 cm³/mol. The Bertz CT molecular complexity index is 1210. The summed E-state index contributed by atoms with van der Waals surface area (Å²) in [7, 11) is -3.59. The summed E-state index contributed by atoms with van der Waals surface area (Å²) in [6, 6.07) is 23.0. The second-order valence-corrected chi connectivity index (χ2v) is 10.4. The number of carbonyl (C=O) groups is 1. The third kappa shape index (κ3) is 3.44. The van der Waals surface area contributed by atoms with Crippen molar-refractivity contribution in [2.75, 3.05) is 26.2 Å². The summed E-state index contributed by atoms with van der Waals surface area (Å²) in [5.41, 5.74) is 0.651. The topological polar surface area (TPSA) is 57.7 Å². The van der Waals surface area contributed by atoms with Gasteiger partial charge in [0, 0.05) is 26.2 Å². The van der Waals surface area contributed by atoms with Crippen LogP contribution in [0.3, 0.4) is 0 Å². The Morgan fingerprint density at radius 2 is 1.42 bits per heavy atom. The third-order valence-corrected chi connectivity index (χ3v) is 8.72. The minimum Gasteiger partial charge on any atom is -0.339 e.